The van der Waals surface area contributed by atoms with Crippen LogP contribution in [0.15, 0.2) is 18.2 Å². The summed E-state index contributed by atoms with van der Waals surface area (Å²) in [5.74, 6) is 1.14. The van der Waals surface area contributed by atoms with E-state index in [-0.39, 0.29) is 24.5 Å². The monoisotopic (exact) mass is 329 g/mol. The van der Waals surface area contributed by atoms with Gasteiger partial charge in [0.15, 0.2) is 6.61 Å². The van der Waals surface area contributed by atoms with Crippen LogP contribution in [-0.2, 0) is 9.59 Å². The van der Waals surface area contributed by atoms with E-state index >= 15 is 0 Å². The second-order valence-corrected chi connectivity index (χ2v) is 7.15. The molecule has 1 saturated carbocycles. The summed E-state index contributed by atoms with van der Waals surface area (Å²) in [6.45, 7) is 4.90. The number of hydrogen-bond acceptors (Lipinski definition) is 3. The summed E-state index contributed by atoms with van der Waals surface area (Å²) in [7, 11) is 0. The van der Waals surface area contributed by atoms with Gasteiger partial charge in [-0.25, -0.2) is 0 Å². The molecule has 1 aromatic carbocycles. The average Bonchev–Trinajstić information content (AvgIpc) is 3.05. The molecule has 3 rings (SSSR count). The molecule has 1 heterocycles. The van der Waals surface area contributed by atoms with Crippen molar-refractivity contribution in [1.29, 1.82) is 0 Å². The van der Waals surface area contributed by atoms with Crippen LogP contribution in [0.4, 0.5) is 0 Å². The highest BCUT2D eigenvalue weighted by atomic mass is 16.5. The third-order valence-corrected chi connectivity index (χ3v) is 5.53. The summed E-state index contributed by atoms with van der Waals surface area (Å²) in [6.07, 6.45) is 5.67. The van der Waals surface area contributed by atoms with E-state index in [9.17, 15) is 9.59 Å². The van der Waals surface area contributed by atoms with Crippen molar-refractivity contribution < 1.29 is 14.3 Å². The van der Waals surface area contributed by atoms with Gasteiger partial charge in [-0.15, -0.1) is 0 Å². The Balaban J connectivity index is 1.61. The average molecular weight is 329 g/mol. The van der Waals surface area contributed by atoms with Gasteiger partial charge >= 0.3 is 0 Å². The molecule has 0 N–H and O–H groups in total. The Labute approximate surface area is 144 Å². The fourth-order valence-corrected chi connectivity index (χ4v) is 3.97. The van der Waals surface area contributed by atoms with Crippen LogP contribution in [-0.4, -0.2) is 35.8 Å². The fraction of sp³-hybridized carbons (Fsp3) is 0.600. The molecule has 0 bridgehead atoms. The van der Waals surface area contributed by atoms with E-state index < -0.39 is 0 Å². The molecular formula is C20H27NO3. The number of aryl methyl sites for hydroxylation is 2. The molecule has 2 fully saturated rings. The standard InChI is InChI=1S/C20H27NO3/c1-14-9-10-16(12-15(14)2)24-13-20(23)21-11-5-7-18(21)17-6-3-4-8-19(17)22/h9-10,12,17-18H,3-8,11,13H2,1-2H3. The van der Waals surface area contributed by atoms with Gasteiger partial charge in [0.1, 0.15) is 11.5 Å². The predicted octanol–water partition coefficient (Wildman–Crippen LogP) is 3.43. The number of amides is 1. The molecule has 24 heavy (non-hydrogen) atoms. The summed E-state index contributed by atoms with van der Waals surface area (Å²) < 4.78 is 5.70. The molecule has 2 unspecified atom stereocenters. The first kappa shape index (κ1) is 17.0. The van der Waals surface area contributed by atoms with Crippen molar-refractivity contribution in [1.82, 2.24) is 4.90 Å². The van der Waals surface area contributed by atoms with Crippen LogP contribution in [0, 0.1) is 19.8 Å². The molecule has 1 amide bonds. The van der Waals surface area contributed by atoms with E-state index in [4.69, 9.17) is 4.74 Å². The second-order valence-electron chi connectivity index (χ2n) is 7.15. The molecule has 2 atom stereocenters. The molecule has 0 spiro atoms. The summed E-state index contributed by atoms with van der Waals surface area (Å²) in [5.41, 5.74) is 2.37. The van der Waals surface area contributed by atoms with Gasteiger partial charge in [-0.05, 0) is 62.8 Å². The molecule has 4 nitrogen and oxygen atoms in total. The van der Waals surface area contributed by atoms with Gasteiger partial charge in [0.25, 0.3) is 5.91 Å². The predicted molar refractivity (Wildman–Crippen MR) is 93.1 cm³/mol. The number of benzene rings is 1. The zero-order chi connectivity index (χ0) is 17.1. The normalized spacial score (nSPS) is 24.2. The smallest absolute Gasteiger partial charge is 0.260 e. The van der Waals surface area contributed by atoms with E-state index in [1.807, 2.05) is 30.0 Å². The zero-order valence-electron chi connectivity index (χ0n) is 14.7. The molecule has 4 heteroatoms. The Kier molecular flexibility index (Phi) is 5.22. The Bertz CT molecular complexity index is 625. The number of hydrogen-bond donors (Lipinski definition) is 0. The lowest BCUT2D eigenvalue weighted by molar-refractivity contribution is -0.137. The van der Waals surface area contributed by atoms with Crippen LogP contribution in [0.3, 0.4) is 0 Å². The number of Topliss-reactive ketones (excluding diaryl/α,β-unsaturated/α-hetero) is 1. The van der Waals surface area contributed by atoms with Gasteiger partial charge in [-0.1, -0.05) is 12.5 Å². The van der Waals surface area contributed by atoms with Gasteiger partial charge in [-0.3, -0.25) is 9.59 Å². The van der Waals surface area contributed by atoms with E-state index in [0.717, 1.165) is 50.0 Å². The maximum atomic E-state index is 12.6. The van der Waals surface area contributed by atoms with E-state index in [1.54, 1.807) is 0 Å². The van der Waals surface area contributed by atoms with Crippen molar-refractivity contribution in [2.24, 2.45) is 5.92 Å². The van der Waals surface area contributed by atoms with Gasteiger partial charge in [0, 0.05) is 24.9 Å². The quantitative estimate of drug-likeness (QED) is 0.850. The van der Waals surface area contributed by atoms with Crippen molar-refractivity contribution in [2.45, 2.75) is 58.4 Å². The summed E-state index contributed by atoms with van der Waals surface area (Å²) in [6, 6.07) is 5.97. The summed E-state index contributed by atoms with van der Waals surface area (Å²) in [5, 5.41) is 0. The Morgan fingerprint density at radius 2 is 2.00 bits per heavy atom. The number of carbonyl (C=O) groups is 2. The first-order chi connectivity index (χ1) is 11.6. The molecule has 1 aliphatic carbocycles. The maximum Gasteiger partial charge on any atom is 0.260 e. The van der Waals surface area contributed by atoms with Crippen LogP contribution in [0.1, 0.15) is 49.7 Å². The Hall–Kier alpha value is -1.84. The molecule has 130 valence electrons. The largest absolute Gasteiger partial charge is 0.484 e. The number of nitrogens with zero attached hydrogens (tertiary/aromatic N) is 1. The molecule has 2 aliphatic rings. The molecule has 0 aromatic heterocycles. The minimum Gasteiger partial charge on any atom is -0.484 e. The highest BCUT2D eigenvalue weighted by Gasteiger charge is 2.38. The SMILES string of the molecule is Cc1ccc(OCC(=O)N2CCCC2C2CCCCC2=O)cc1C. The lowest BCUT2D eigenvalue weighted by atomic mass is 9.82. The molecule has 1 aliphatic heterocycles. The highest BCUT2D eigenvalue weighted by Crippen LogP contribution is 2.32. The van der Waals surface area contributed by atoms with Crippen molar-refractivity contribution in [3.8, 4) is 5.75 Å². The van der Waals surface area contributed by atoms with E-state index in [1.165, 1.54) is 5.56 Å². The Morgan fingerprint density at radius 3 is 2.75 bits per heavy atom. The summed E-state index contributed by atoms with van der Waals surface area (Å²) >= 11 is 0. The molecule has 0 radical (unpaired) electrons. The minimum atomic E-state index is 0.00843. The second kappa shape index (κ2) is 7.37. The fourth-order valence-electron chi connectivity index (χ4n) is 3.97. The van der Waals surface area contributed by atoms with Gasteiger partial charge in [-0.2, -0.15) is 0 Å². The van der Waals surface area contributed by atoms with Crippen LogP contribution in [0.5, 0.6) is 5.75 Å². The maximum absolute atomic E-state index is 12.6. The Morgan fingerprint density at radius 1 is 1.17 bits per heavy atom. The highest BCUT2D eigenvalue weighted by molar-refractivity contribution is 5.84. The summed E-state index contributed by atoms with van der Waals surface area (Å²) in [4.78, 5) is 26.7. The lowest BCUT2D eigenvalue weighted by Gasteiger charge is -2.33. The molecule has 1 aromatic rings. The lowest BCUT2D eigenvalue weighted by Crippen LogP contribution is -2.45. The molecule has 1 saturated heterocycles. The van der Waals surface area contributed by atoms with Crippen molar-refractivity contribution in [3.05, 3.63) is 29.3 Å². The number of likely N-dealkylation sites (tertiary alicyclic amines) is 1. The number of carbonyl (C=O) groups excluding carboxylic acids is 2. The van der Waals surface area contributed by atoms with Gasteiger partial charge in [0.05, 0.1) is 0 Å². The van der Waals surface area contributed by atoms with Crippen LogP contribution in [0.2, 0.25) is 0 Å². The van der Waals surface area contributed by atoms with Crippen molar-refractivity contribution in [2.75, 3.05) is 13.2 Å². The number of rotatable bonds is 4. The van der Waals surface area contributed by atoms with Gasteiger partial charge in [0.2, 0.25) is 0 Å². The van der Waals surface area contributed by atoms with Crippen LogP contribution in [0.25, 0.3) is 0 Å². The minimum absolute atomic E-state index is 0.00843. The van der Waals surface area contributed by atoms with Crippen LogP contribution >= 0.6 is 0 Å². The molecular weight excluding hydrogens is 302 g/mol. The topological polar surface area (TPSA) is 46.6 Å². The first-order valence-electron chi connectivity index (χ1n) is 9.08. The third-order valence-electron chi connectivity index (χ3n) is 5.53. The van der Waals surface area contributed by atoms with Crippen molar-refractivity contribution >= 4 is 11.7 Å². The number of ether oxygens (including phenoxy) is 1. The van der Waals surface area contributed by atoms with E-state index in [2.05, 4.69) is 6.92 Å². The van der Waals surface area contributed by atoms with E-state index in [0.29, 0.717) is 12.2 Å². The third kappa shape index (κ3) is 3.63. The first-order valence-corrected chi connectivity index (χ1v) is 9.08. The zero-order valence-corrected chi connectivity index (χ0v) is 14.7. The van der Waals surface area contributed by atoms with Gasteiger partial charge < -0.3 is 9.64 Å². The van der Waals surface area contributed by atoms with Crippen LogP contribution < -0.4 is 4.74 Å². The number of ketones is 1. The van der Waals surface area contributed by atoms with Crippen molar-refractivity contribution in [3.63, 3.8) is 0 Å².